The molecule has 2 heterocycles. The Kier molecular flexibility index (Phi) is 4.71. The number of tetrazole rings is 1. The summed E-state index contributed by atoms with van der Waals surface area (Å²) in [6.07, 6.45) is 1.42. The molecule has 2 N–H and O–H groups in total. The highest BCUT2D eigenvalue weighted by atomic mass is 16.3. The lowest BCUT2D eigenvalue weighted by Crippen LogP contribution is -2.43. The molecule has 25 heavy (non-hydrogen) atoms. The average molecular weight is 344 g/mol. The van der Waals surface area contributed by atoms with Gasteiger partial charge < -0.3 is 15.3 Å². The first-order valence-corrected chi connectivity index (χ1v) is 8.46. The quantitative estimate of drug-likeness (QED) is 0.889. The number of carbonyl (C=O) groups excluding carboxylic acids is 1. The standard InChI is InChI=1S/C17H24N6O2/c1-17(2,3)23-15(19-20-21-23)14-10-9-13(11-24)22(14)16(25)18-12-7-5-4-6-8-12/h4-8,13-14,24H,9-11H2,1-3H3,(H,18,25)/t13-,14+/m0/s1. The van der Waals surface area contributed by atoms with E-state index in [4.69, 9.17) is 0 Å². The smallest absolute Gasteiger partial charge is 0.322 e. The number of likely N-dealkylation sites (tertiary alicyclic amines) is 1. The summed E-state index contributed by atoms with van der Waals surface area (Å²) in [6, 6.07) is 8.50. The Labute approximate surface area is 146 Å². The molecule has 1 fully saturated rings. The lowest BCUT2D eigenvalue weighted by atomic mass is 10.1. The number of nitrogens with zero attached hydrogens (tertiary/aromatic N) is 5. The maximum Gasteiger partial charge on any atom is 0.322 e. The molecule has 2 amide bonds. The molecule has 8 heteroatoms. The van der Waals surface area contributed by atoms with Crippen LogP contribution in [0.4, 0.5) is 10.5 Å². The Balaban J connectivity index is 1.89. The van der Waals surface area contributed by atoms with Gasteiger partial charge in [0.2, 0.25) is 0 Å². The van der Waals surface area contributed by atoms with Crippen LogP contribution in [0.3, 0.4) is 0 Å². The van der Waals surface area contributed by atoms with E-state index in [2.05, 4.69) is 20.8 Å². The highest BCUT2D eigenvalue weighted by molar-refractivity contribution is 5.90. The van der Waals surface area contributed by atoms with Crippen LogP contribution in [0.1, 0.15) is 45.5 Å². The van der Waals surface area contributed by atoms with E-state index >= 15 is 0 Å². The van der Waals surface area contributed by atoms with Crippen molar-refractivity contribution in [3.05, 3.63) is 36.2 Å². The molecule has 2 atom stereocenters. The summed E-state index contributed by atoms with van der Waals surface area (Å²) < 4.78 is 1.75. The van der Waals surface area contributed by atoms with E-state index in [1.165, 1.54) is 0 Å². The van der Waals surface area contributed by atoms with Gasteiger partial charge in [0.05, 0.1) is 24.2 Å². The van der Waals surface area contributed by atoms with Crippen LogP contribution in [0, 0.1) is 0 Å². The van der Waals surface area contributed by atoms with Crippen LogP contribution in [0.5, 0.6) is 0 Å². The predicted octanol–water partition coefficient (Wildman–Crippen LogP) is 2.16. The lowest BCUT2D eigenvalue weighted by Gasteiger charge is -2.30. The number of hydrogen-bond acceptors (Lipinski definition) is 5. The number of benzene rings is 1. The summed E-state index contributed by atoms with van der Waals surface area (Å²) in [5.74, 6) is 0.645. The van der Waals surface area contributed by atoms with Gasteiger partial charge in [0, 0.05) is 5.69 Å². The summed E-state index contributed by atoms with van der Waals surface area (Å²) in [6.45, 7) is 5.95. The molecule has 0 spiro atoms. The van der Waals surface area contributed by atoms with Gasteiger partial charge in [-0.25, -0.2) is 9.48 Å². The molecule has 1 aromatic carbocycles. The van der Waals surface area contributed by atoms with Gasteiger partial charge in [0.25, 0.3) is 0 Å². The van der Waals surface area contributed by atoms with Crippen LogP contribution in [0.25, 0.3) is 0 Å². The van der Waals surface area contributed by atoms with E-state index in [0.29, 0.717) is 24.4 Å². The third kappa shape index (κ3) is 3.48. The maximum absolute atomic E-state index is 12.9. The zero-order valence-electron chi connectivity index (χ0n) is 14.8. The van der Waals surface area contributed by atoms with E-state index in [9.17, 15) is 9.90 Å². The fraction of sp³-hybridized carbons (Fsp3) is 0.529. The van der Waals surface area contributed by atoms with Gasteiger partial charge in [-0.1, -0.05) is 18.2 Å². The lowest BCUT2D eigenvalue weighted by molar-refractivity contribution is 0.141. The molecule has 2 aromatic rings. The van der Waals surface area contributed by atoms with Crippen molar-refractivity contribution in [3.8, 4) is 0 Å². The van der Waals surface area contributed by atoms with E-state index in [-0.39, 0.29) is 30.3 Å². The number of aromatic nitrogens is 4. The number of carbonyl (C=O) groups is 1. The zero-order chi connectivity index (χ0) is 18.0. The van der Waals surface area contributed by atoms with Crippen LogP contribution in [0.2, 0.25) is 0 Å². The van der Waals surface area contributed by atoms with Crippen molar-refractivity contribution in [2.45, 2.75) is 51.2 Å². The molecular formula is C17H24N6O2. The van der Waals surface area contributed by atoms with Crippen LogP contribution in [0.15, 0.2) is 30.3 Å². The molecule has 8 nitrogen and oxygen atoms in total. The monoisotopic (exact) mass is 344 g/mol. The number of nitrogens with one attached hydrogen (secondary N) is 1. The topological polar surface area (TPSA) is 96.2 Å². The number of anilines is 1. The summed E-state index contributed by atoms with van der Waals surface area (Å²) in [5, 5.41) is 24.7. The van der Waals surface area contributed by atoms with Gasteiger partial charge in [0.1, 0.15) is 0 Å². The van der Waals surface area contributed by atoms with Crippen molar-refractivity contribution in [2.75, 3.05) is 11.9 Å². The van der Waals surface area contributed by atoms with Crippen molar-refractivity contribution in [2.24, 2.45) is 0 Å². The van der Waals surface area contributed by atoms with Gasteiger partial charge in [-0.3, -0.25) is 0 Å². The minimum absolute atomic E-state index is 0.0875. The Hall–Kier alpha value is -2.48. The van der Waals surface area contributed by atoms with Gasteiger partial charge in [0.15, 0.2) is 5.82 Å². The SMILES string of the molecule is CC(C)(C)n1nnnc1[C@H]1CC[C@@H](CO)N1C(=O)Nc1ccccc1. The molecule has 0 radical (unpaired) electrons. The summed E-state index contributed by atoms with van der Waals surface area (Å²) in [4.78, 5) is 14.5. The van der Waals surface area contributed by atoms with Crippen LogP contribution in [-0.2, 0) is 5.54 Å². The molecule has 3 rings (SSSR count). The van der Waals surface area contributed by atoms with Crippen LogP contribution < -0.4 is 5.32 Å². The Morgan fingerprint density at radius 3 is 2.64 bits per heavy atom. The van der Waals surface area contributed by atoms with Crippen molar-refractivity contribution in [3.63, 3.8) is 0 Å². The third-order valence-corrected chi connectivity index (χ3v) is 4.40. The minimum Gasteiger partial charge on any atom is -0.394 e. The molecule has 134 valence electrons. The zero-order valence-corrected chi connectivity index (χ0v) is 14.8. The fourth-order valence-corrected chi connectivity index (χ4v) is 3.21. The predicted molar refractivity (Wildman–Crippen MR) is 93.0 cm³/mol. The minimum atomic E-state index is -0.294. The molecule has 1 aromatic heterocycles. The van der Waals surface area contributed by atoms with E-state index in [1.807, 2.05) is 51.1 Å². The number of para-hydroxylation sites is 1. The molecule has 1 aliphatic heterocycles. The Bertz CT molecular complexity index is 724. The van der Waals surface area contributed by atoms with E-state index < -0.39 is 0 Å². The number of amides is 2. The van der Waals surface area contributed by atoms with Crippen molar-refractivity contribution >= 4 is 11.7 Å². The molecule has 0 bridgehead atoms. The first-order valence-electron chi connectivity index (χ1n) is 8.46. The Morgan fingerprint density at radius 1 is 1.28 bits per heavy atom. The molecule has 0 aliphatic carbocycles. The van der Waals surface area contributed by atoms with Crippen molar-refractivity contribution in [1.82, 2.24) is 25.1 Å². The number of aliphatic hydroxyl groups is 1. The van der Waals surface area contributed by atoms with Crippen LogP contribution in [-0.4, -0.2) is 48.9 Å². The highest BCUT2D eigenvalue weighted by Crippen LogP contribution is 2.36. The first-order chi connectivity index (χ1) is 11.9. The number of rotatable bonds is 3. The normalized spacial score (nSPS) is 20.7. The van der Waals surface area contributed by atoms with Gasteiger partial charge in [-0.05, 0) is 56.2 Å². The molecule has 1 saturated heterocycles. The Morgan fingerprint density at radius 2 is 2.00 bits per heavy atom. The summed E-state index contributed by atoms with van der Waals surface area (Å²) >= 11 is 0. The van der Waals surface area contributed by atoms with Crippen LogP contribution >= 0.6 is 0 Å². The van der Waals surface area contributed by atoms with E-state index in [0.717, 1.165) is 0 Å². The van der Waals surface area contributed by atoms with Gasteiger partial charge in [-0.15, -0.1) is 5.10 Å². The number of aliphatic hydroxyl groups excluding tert-OH is 1. The number of urea groups is 1. The second-order valence-electron chi connectivity index (χ2n) is 7.25. The third-order valence-electron chi connectivity index (χ3n) is 4.40. The van der Waals surface area contributed by atoms with Crippen molar-refractivity contribution in [1.29, 1.82) is 0 Å². The first kappa shape index (κ1) is 17.3. The molecule has 1 aliphatic rings. The largest absolute Gasteiger partial charge is 0.394 e. The highest BCUT2D eigenvalue weighted by Gasteiger charge is 2.41. The summed E-state index contributed by atoms with van der Waals surface area (Å²) in [7, 11) is 0. The maximum atomic E-state index is 12.9. The van der Waals surface area contributed by atoms with E-state index in [1.54, 1.807) is 9.58 Å². The van der Waals surface area contributed by atoms with Crippen molar-refractivity contribution < 1.29 is 9.90 Å². The molecular weight excluding hydrogens is 320 g/mol. The summed E-state index contributed by atoms with van der Waals surface area (Å²) in [5.41, 5.74) is 0.419. The average Bonchev–Trinajstić information content (AvgIpc) is 3.21. The van der Waals surface area contributed by atoms with Gasteiger partial charge >= 0.3 is 6.03 Å². The molecule has 0 saturated carbocycles. The second kappa shape index (κ2) is 6.79. The second-order valence-corrected chi connectivity index (χ2v) is 7.25. The fourth-order valence-electron chi connectivity index (χ4n) is 3.21. The molecule has 0 unspecified atom stereocenters. The van der Waals surface area contributed by atoms with Gasteiger partial charge in [-0.2, -0.15) is 0 Å². The number of hydrogen-bond donors (Lipinski definition) is 2.